The molecule has 0 amide bonds. The number of thiophene rings is 1. The molecule has 1 aromatic heterocycles. The smallest absolute Gasteiger partial charge is 0.353 e. The van der Waals surface area contributed by atoms with Crippen molar-refractivity contribution in [2.75, 3.05) is 0 Å². The Morgan fingerprint density at radius 1 is 1.14 bits per heavy atom. The van der Waals surface area contributed by atoms with Crippen molar-refractivity contribution in [1.82, 2.24) is 0 Å². The number of carbonyl (C=O) groups excluding carboxylic acids is 2. The minimum atomic E-state index is -0.311. The van der Waals surface area contributed by atoms with Gasteiger partial charge in [-0.2, -0.15) is 0 Å². The monoisotopic (exact) mass is 314 g/mol. The lowest BCUT2D eigenvalue weighted by atomic mass is 9.99. The van der Waals surface area contributed by atoms with Gasteiger partial charge in [0.2, 0.25) is 0 Å². The topological polar surface area (TPSA) is 43.4 Å². The third-order valence-electron chi connectivity index (χ3n) is 3.91. The van der Waals surface area contributed by atoms with Gasteiger partial charge in [0.1, 0.15) is 10.6 Å². The number of fused-ring (bicyclic) bond motifs is 1. The van der Waals surface area contributed by atoms with Crippen LogP contribution in [0, 0.1) is 0 Å². The second kappa shape index (κ2) is 6.44. The van der Waals surface area contributed by atoms with E-state index in [1.54, 1.807) is 35.6 Å². The van der Waals surface area contributed by atoms with Gasteiger partial charge in [-0.1, -0.05) is 6.92 Å². The van der Waals surface area contributed by atoms with E-state index in [0.717, 1.165) is 12.8 Å². The summed E-state index contributed by atoms with van der Waals surface area (Å²) in [6.07, 6.45) is 5.01. The number of ether oxygens (including phenoxy) is 1. The summed E-state index contributed by atoms with van der Waals surface area (Å²) in [5.74, 6) is 0.252. The van der Waals surface area contributed by atoms with Gasteiger partial charge in [0.15, 0.2) is 5.78 Å². The quantitative estimate of drug-likeness (QED) is 0.476. The van der Waals surface area contributed by atoms with E-state index < -0.39 is 0 Å². The molecule has 1 aliphatic carbocycles. The molecule has 1 aliphatic rings. The zero-order valence-corrected chi connectivity index (χ0v) is 13.4. The Bertz CT molecular complexity index is 674. The lowest BCUT2D eigenvalue weighted by Gasteiger charge is -2.08. The second-order valence-electron chi connectivity index (χ2n) is 5.46. The van der Waals surface area contributed by atoms with Crippen LogP contribution in [0.3, 0.4) is 0 Å². The first-order chi connectivity index (χ1) is 10.7. The van der Waals surface area contributed by atoms with Crippen molar-refractivity contribution in [1.29, 1.82) is 0 Å². The molecule has 0 aliphatic heterocycles. The maximum atomic E-state index is 12.2. The molecule has 114 valence electrons. The van der Waals surface area contributed by atoms with E-state index in [1.807, 2.05) is 13.0 Å². The highest BCUT2D eigenvalue weighted by Crippen LogP contribution is 2.30. The molecule has 0 N–H and O–H groups in total. The summed E-state index contributed by atoms with van der Waals surface area (Å²) in [5.41, 5.74) is 1.95. The van der Waals surface area contributed by atoms with E-state index in [4.69, 9.17) is 4.74 Å². The summed E-state index contributed by atoms with van der Waals surface area (Å²) in [6.45, 7) is 1.83. The first-order valence-corrected chi connectivity index (χ1v) is 8.46. The summed E-state index contributed by atoms with van der Waals surface area (Å²) in [4.78, 5) is 25.8. The standard InChI is InChI=1S/C18H18O3S/c1-2-15(19)12-7-9-14(10-8-12)21-18(20)17-11-13-5-3-4-6-16(13)22-17/h7-11H,2-6H2,1H3. The van der Waals surface area contributed by atoms with E-state index in [2.05, 4.69) is 0 Å². The van der Waals surface area contributed by atoms with Crippen LogP contribution in [-0.2, 0) is 12.8 Å². The largest absolute Gasteiger partial charge is 0.422 e. The highest BCUT2D eigenvalue weighted by Gasteiger charge is 2.18. The fourth-order valence-corrected chi connectivity index (χ4v) is 3.79. The zero-order valence-electron chi connectivity index (χ0n) is 12.6. The van der Waals surface area contributed by atoms with Crippen LogP contribution in [0.15, 0.2) is 30.3 Å². The Balaban J connectivity index is 1.71. The Labute approximate surface area is 133 Å². The van der Waals surface area contributed by atoms with E-state index >= 15 is 0 Å². The van der Waals surface area contributed by atoms with Crippen LogP contribution in [0.4, 0.5) is 0 Å². The van der Waals surface area contributed by atoms with E-state index in [-0.39, 0.29) is 11.8 Å². The maximum Gasteiger partial charge on any atom is 0.353 e. The van der Waals surface area contributed by atoms with Gasteiger partial charge in [-0.15, -0.1) is 11.3 Å². The first kappa shape index (κ1) is 15.0. The summed E-state index contributed by atoms with van der Waals surface area (Å²) >= 11 is 1.55. The van der Waals surface area contributed by atoms with Crippen LogP contribution in [0.5, 0.6) is 5.75 Å². The Hall–Kier alpha value is -1.94. The van der Waals surface area contributed by atoms with Crippen LogP contribution in [0.25, 0.3) is 0 Å². The molecule has 0 spiro atoms. The van der Waals surface area contributed by atoms with Crippen molar-refractivity contribution < 1.29 is 14.3 Å². The average Bonchev–Trinajstić information content (AvgIpc) is 2.99. The third kappa shape index (κ3) is 3.12. The molecular weight excluding hydrogens is 296 g/mol. The number of carbonyl (C=O) groups is 2. The van der Waals surface area contributed by atoms with Crippen molar-refractivity contribution >= 4 is 23.1 Å². The van der Waals surface area contributed by atoms with Crippen LogP contribution in [0.1, 0.15) is 56.7 Å². The fourth-order valence-electron chi connectivity index (χ4n) is 2.66. The lowest BCUT2D eigenvalue weighted by molar-refractivity contribution is 0.0739. The highest BCUT2D eigenvalue weighted by atomic mass is 32.1. The minimum absolute atomic E-state index is 0.0869. The predicted octanol–water partition coefficient (Wildman–Crippen LogP) is 4.44. The van der Waals surface area contributed by atoms with E-state index in [1.165, 1.54) is 23.3 Å². The summed E-state index contributed by atoms with van der Waals surface area (Å²) in [7, 11) is 0. The molecule has 0 fully saturated rings. The summed E-state index contributed by atoms with van der Waals surface area (Å²) in [5, 5.41) is 0. The van der Waals surface area contributed by atoms with E-state index in [9.17, 15) is 9.59 Å². The molecule has 0 saturated heterocycles. The van der Waals surface area contributed by atoms with Gasteiger partial charge >= 0.3 is 5.97 Å². The number of rotatable bonds is 4. The van der Waals surface area contributed by atoms with Gasteiger partial charge < -0.3 is 4.74 Å². The van der Waals surface area contributed by atoms with Crippen LogP contribution in [-0.4, -0.2) is 11.8 Å². The number of aryl methyl sites for hydroxylation is 2. The molecule has 0 atom stereocenters. The number of hydrogen-bond donors (Lipinski definition) is 0. The molecule has 2 aromatic rings. The van der Waals surface area contributed by atoms with Crippen LogP contribution in [0.2, 0.25) is 0 Å². The molecule has 1 heterocycles. The predicted molar refractivity (Wildman–Crippen MR) is 87.0 cm³/mol. The zero-order chi connectivity index (χ0) is 15.5. The van der Waals surface area contributed by atoms with Crippen molar-refractivity contribution in [3.8, 4) is 5.75 Å². The number of benzene rings is 1. The Kier molecular flexibility index (Phi) is 4.39. The fraction of sp³-hybridized carbons (Fsp3) is 0.333. The van der Waals surface area contributed by atoms with Crippen LogP contribution < -0.4 is 4.74 Å². The van der Waals surface area contributed by atoms with Gasteiger partial charge in [-0.3, -0.25) is 4.79 Å². The number of Topliss-reactive ketones (excluding diaryl/α,β-unsaturated/α-hetero) is 1. The minimum Gasteiger partial charge on any atom is -0.422 e. The number of ketones is 1. The number of hydrogen-bond acceptors (Lipinski definition) is 4. The summed E-state index contributed by atoms with van der Waals surface area (Å²) in [6, 6.07) is 8.72. The van der Waals surface area contributed by atoms with E-state index in [0.29, 0.717) is 22.6 Å². The Morgan fingerprint density at radius 2 is 1.86 bits per heavy atom. The molecule has 0 bridgehead atoms. The molecule has 4 heteroatoms. The first-order valence-electron chi connectivity index (χ1n) is 7.64. The van der Waals surface area contributed by atoms with Gasteiger partial charge in [0.05, 0.1) is 0 Å². The summed E-state index contributed by atoms with van der Waals surface area (Å²) < 4.78 is 5.41. The molecule has 1 aromatic carbocycles. The molecule has 3 rings (SSSR count). The van der Waals surface area contributed by atoms with Crippen molar-refractivity contribution in [3.05, 3.63) is 51.2 Å². The maximum absolute atomic E-state index is 12.2. The molecule has 0 saturated carbocycles. The van der Waals surface area contributed by atoms with Gasteiger partial charge in [-0.05, 0) is 61.6 Å². The molecule has 22 heavy (non-hydrogen) atoms. The molecule has 3 nitrogen and oxygen atoms in total. The van der Waals surface area contributed by atoms with Gasteiger partial charge in [-0.25, -0.2) is 4.79 Å². The van der Waals surface area contributed by atoms with Gasteiger partial charge in [0, 0.05) is 16.9 Å². The molecular formula is C18H18O3S. The molecule has 0 radical (unpaired) electrons. The SMILES string of the molecule is CCC(=O)c1ccc(OC(=O)c2cc3c(s2)CCCC3)cc1. The molecule has 0 unspecified atom stereocenters. The lowest BCUT2D eigenvalue weighted by Crippen LogP contribution is -2.06. The second-order valence-corrected chi connectivity index (χ2v) is 6.59. The van der Waals surface area contributed by atoms with Crippen LogP contribution >= 0.6 is 11.3 Å². The van der Waals surface area contributed by atoms with Crippen molar-refractivity contribution in [3.63, 3.8) is 0 Å². The Morgan fingerprint density at radius 3 is 2.55 bits per heavy atom. The highest BCUT2D eigenvalue weighted by molar-refractivity contribution is 7.14. The number of esters is 1. The van der Waals surface area contributed by atoms with Crippen molar-refractivity contribution in [2.24, 2.45) is 0 Å². The van der Waals surface area contributed by atoms with Gasteiger partial charge in [0.25, 0.3) is 0 Å². The van der Waals surface area contributed by atoms with Crippen molar-refractivity contribution in [2.45, 2.75) is 39.0 Å². The third-order valence-corrected chi connectivity index (χ3v) is 5.12. The average molecular weight is 314 g/mol. The normalized spacial score (nSPS) is 13.5.